The quantitative estimate of drug-likeness (QED) is 0.543. The lowest BCUT2D eigenvalue weighted by Gasteiger charge is -2.28. The summed E-state index contributed by atoms with van der Waals surface area (Å²) in [4.78, 5) is 27.5. The Morgan fingerprint density at radius 2 is 1.79 bits per heavy atom. The summed E-state index contributed by atoms with van der Waals surface area (Å²) in [6.07, 6.45) is -0.239. The molecule has 2 aliphatic heterocycles. The first-order valence-electron chi connectivity index (χ1n) is 11.4. The van der Waals surface area contributed by atoms with Crippen LogP contribution in [0.5, 0.6) is 11.5 Å². The molecule has 0 aliphatic carbocycles. The van der Waals surface area contributed by atoms with Crippen molar-refractivity contribution in [3.63, 3.8) is 0 Å². The number of nitrogens with zero attached hydrogens (tertiary/aromatic N) is 1. The number of ether oxygens (including phenoxy) is 2. The van der Waals surface area contributed by atoms with Gasteiger partial charge in [0.25, 0.3) is 11.8 Å². The minimum Gasteiger partial charge on any atom is -0.454 e. The third-order valence-electron chi connectivity index (χ3n) is 5.96. The summed E-state index contributed by atoms with van der Waals surface area (Å²) in [5.74, 6) is 1.64. The van der Waals surface area contributed by atoms with Crippen molar-refractivity contribution in [2.24, 2.45) is 5.92 Å². The van der Waals surface area contributed by atoms with Gasteiger partial charge in [-0.05, 0) is 53.9 Å². The molecule has 7 heteroatoms. The van der Waals surface area contributed by atoms with Crippen LogP contribution in [-0.4, -0.2) is 30.1 Å². The number of hydrogen-bond acceptors (Lipinski definition) is 5. The van der Waals surface area contributed by atoms with Crippen molar-refractivity contribution in [2.45, 2.75) is 26.6 Å². The van der Waals surface area contributed by atoms with Crippen LogP contribution in [0, 0.1) is 5.92 Å². The van der Waals surface area contributed by atoms with E-state index in [1.807, 2.05) is 59.5 Å². The van der Waals surface area contributed by atoms with Gasteiger partial charge in [0.15, 0.2) is 11.5 Å². The van der Waals surface area contributed by atoms with Crippen LogP contribution in [0.1, 0.15) is 51.9 Å². The standard InChI is InChI=1S/C27H27N3O4/c1-17(2)15-30-25(21-5-3-4-6-22(21)27(30)32)29-20-10-8-19(9-11-20)26(31)28-14-18-7-12-23-24(13-18)34-16-33-23/h3-13,17,25,29H,14-16H2,1-2H3,(H,28,31). The highest BCUT2D eigenvalue weighted by atomic mass is 16.7. The van der Waals surface area contributed by atoms with E-state index in [-0.39, 0.29) is 24.8 Å². The van der Waals surface area contributed by atoms with Crippen molar-refractivity contribution >= 4 is 17.5 Å². The summed E-state index contributed by atoms with van der Waals surface area (Å²) in [6.45, 7) is 5.47. The minimum atomic E-state index is -0.239. The number of hydrogen-bond donors (Lipinski definition) is 2. The topological polar surface area (TPSA) is 79.9 Å². The fourth-order valence-corrected chi connectivity index (χ4v) is 4.32. The number of fused-ring (bicyclic) bond motifs is 2. The molecule has 3 aromatic carbocycles. The van der Waals surface area contributed by atoms with Gasteiger partial charge in [-0.25, -0.2) is 0 Å². The Labute approximate surface area is 198 Å². The van der Waals surface area contributed by atoms with Gasteiger partial charge in [-0.1, -0.05) is 38.1 Å². The second kappa shape index (κ2) is 9.09. The van der Waals surface area contributed by atoms with Crippen LogP contribution in [0.2, 0.25) is 0 Å². The Bertz CT molecular complexity index is 1220. The average molecular weight is 458 g/mol. The molecule has 0 saturated heterocycles. The zero-order valence-electron chi connectivity index (χ0n) is 19.2. The van der Waals surface area contributed by atoms with Gasteiger partial charge in [0.05, 0.1) is 0 Å². The van der Waals surface area contributed by atoms with E-state index in [1.54, 1.807) is 12.1 Å². The SMILES string of the molecule is CC(C)CN1C(=O)c2ccccc2C1Nc1ccc(C(=O)NCc2ccc3c(c2)OCO3)cc1. The highest BCUT2D eigenvalue weighted by molar-refractivity contribution is 5.99. The number of anilines is 1. The summed E-state index contributed by atoms with van der Waals surface area (Å²) in [5.41, 5.74) is 4.05. The first-order chi connectivity index (χ1) is 16.5. The third-order valence-corrected chi connectivity index (χ3v) is 5.96. The first kappa shape index (κ1) is 21.8. The van der Waals surface area contributed by atoms with Crippen molar-refractivity contribution in [1.29, 1.82) is 0 Å². The van der Waals surface area contributed by atoms with E-state index in [1.165, 1.54) is 0 Å². The fourth-order valence-electron chi connectivity index (χ4n) is 4.32. The maximum absolute atomic E-state index is 12.9. The molecule has 3 aromatic rings. The van der Waals surface area contributed by atoms with Crippen LogP contribution in [0.15, 0.2) is 66.7 Å². The molecule has 0 radical (unpaired) electrons. The van der Waals surface area contributed by atoms with Gasteiger partial charge >= 0.3 is 0 Å². The summed E-state index contributed by atoms with van der Waals surface area (Å²) >= 11 is 0. The maximum Gasteiger partial charge on any atom is 0.256 e. The molecule has 0 spiro atoms. The summed E-state index contributed by atoms with van der Waals surface area (Å²) in [6, 6.07) is 20.6. The molecule has 0 fully saturated rings. The number of carbonyl (C=O) groups excluding carboxylic acids is 2. The van der Waals surface area contributed by atoms with Crippen molar-refractivity contribution in [2.75, 3.05) is 18.7 Å². The largest absolute Gasteiger partial charge is 0.454 e. The number of nitrogens with one attached hydrogen (secondary N) is 2. The number of rotatable bonds is 7. The van der Waals surface area contributed by atoms with Crippen molar-refractivity contribution in [3.05, 3.63) is 89.0 Å². The van der Waals surface area contributed by atoms with Crippen LogP contribution in [-0.2, 0) is 6.54 Å². The Morgan fingerprint density at radius 3 is 2.59 bits per heavy atom. The summed E-state index contributed by atoms with van der Waals surface area (Å²) in [7, 11) is 0. The maximum atomic E-state index is 12.9. The Hall–Kier alpha value is -4.00. The van der Waals surface area contributed by atoms with E-state index in [0.717, 1.165) is 28.1 Å². The number of carbonyl (C=O) groups is 2. The van der Waals surface area contributed by atoms with E-state index >= 15 is 0 Å². The number of benzene rings is 3. The molecule has 0 aromatic heterocycles. The molecular weight excluding hydrogens is 430 g/mol. The molecule has 5 rings (SSSR count). The molecule has 0 bridgehead atoms. The van der Waals surface area contributed by atoms with Crippen LogP contribution in [0.4, 0.5) is 5.69 Å². The Kier molecular flexibility index (Phi) is 5.84. The van der Waals surface area contributed by atoms with Crippen molar-refractivity contribution in [3.8, 4) is 11.5 Å². The predicted molar refractivity (Wildman–Crippen MR) is 129 cm³/mol. The lowest BCUT2D eigenvalue weighted by Crippen LogP contribution is -2.35. The zero-order valence-corrected chi connectivity index (χ0v) is 19.2. The molecule has 174 valence electrons. The molecule has 7 nitrogen and oxygen atoms in total. The molecule has 1 atom stereocenters. The number of amides is 2. The molecule has 34 heavy (non-hydrogen) atoms. The zero-order chi connectivity index (χ0) is 23.7. The van der Waals surface area contributed by atoms with Crippen LogP contribution < -0.4 is 20.1 Å². The minimum absolute atomic E-state index is 0.0429. The lowest BCUT2D eigenvalue weighted by atomic mass is 10.1. The van der Waals surface area contributed by atoms with Gasteiger partial charge in [-0.2, -0.15) is 0 Å². The molecular formula is C27H27N3O4. The van der Waals surface area contributed by atoms with E-state index < -0.39 is 0 Å². The van der Waals surface area contributed by atoms with Gasteiger partial charge in [0.2, 0.25) is 6.79 Å². The highest BCUT2D eigenvalue weighted by Gasteiger charge is 2.36. The second-order valence-corrected chi connectivity index (χ2v) is 8.93. The molecule has 2 N–H and O–H groups in total. The van der Waals surface area contributed by atoms with Gasteiger partial charge in [0.1, 0.15) is 6.17 Å². The van der Waals surface area contributed by atoms with E-state index in [9.17, 15) is 9.59 Å². The second-order valence-electron chi connectivity index (χ2n) is 8.93. The smallest absolute Gasteiger partial charge is 0.256 e. The monoisotopic (exact) mass is 457 g/mol. The lowest BCUT2D eigenvalue weighted by molar-refractivity contribution is 0.0720. The van der Waals surface area contributed by atoms with Crippen LogP contribution in [0.25, 0.3) is 0 Å². The molecule has 2 amide bonds. The van der Waals surface area contributed by atoms with Crippen molar-refractivity contribution in [1.82, 2.24) is 10.2 Å². The van der Waals surface area contributed by atoms with Gasteiger partial charge in [0, 0.05) is 35.5 Å². The predicted octanol–water partition coefficient (Wildman–Crippen LogP) is 4.57. The van der Waals surface area contributed by atoms with Crippen molar-refractivity contribution < 1.29 is 19.1 Å². The molecule has 1 unspecified atom stereocenters. The molecule has 2 aliphatic rings. The van der Waals surface area contributed by atoms with E-state index in [2.05, 4.69) is 24.5 Å². The summed E-state index contributed by atoms with van der Waals surface area (Å²) < 4.78 is 10.7. The Morgan fingerprint density at radius 1 is 1.03 bits per heavy atom. The van der Waals surface area contributed by atoms with Gasteiger partial charge in [-0.3, -0.25) is 9.59 Å². The third kappa shape index (κ3) is 4.29. The molecule has 0 saturated carbocycles. The van der Waals surface area contributed by atoms with Crippen LogP contribution >= 0.6 is 0 Å². The van der Waals surface area contributed by atoms with Gasteiger partial charge < -0.3 is 25.0 Å². The Balaban J connectivity index is 1.25. The first-order valence-corrected chi connectivity index (χ1v) is 11.4. The average Bonchev–Trinajstić information content (AvgIpc) is 3.41. The fraction of sp³-hybridized carbons (Fsp3) is 0.259. The highest BCUT2D eigenvalue weighted by Crippen LogP contribution is 2.35. The normalized spacial score (nSPS) is 16.0. The van der Waals surface area contributed by atoms with Crippen LogP contribution in [0.3, 0.4) is 0 Å². The van der Waals surface area contributed by atoms with E-state index in [0.29, 0.717) is 30.3 Å². The summed E-state index contributed by atoms with van der Waals surface area (Å²) in [5, 5.41) is 6.42. The van der Waals surface area contributed by atoms with Gasteiger partial charge in [-0.15, -0.1) is 0 Å². The molecule has 2 heterocycles. The van der Waals surface area contributed by atoms with E-state index in [4.69, 9.17) is 9.47 Å².